The number of amides is 3. The van der Waals surface area contributed by atoms with Crippen molar-refractivity contribution in [3.63, 3.8) is 0 Å². The Balaban J connectivity index is 1.70. The van der Waals surface area contributed by atoms with E-state index in [9.17, 15) is 18.8 Å². The molecule has 1 atom stereocenters. The molecule has 9 nitrogen and oxygen atoms in total. The van der Waals surface area contributed by atoms with Crippen LogP contribution in [0, 0.1) is 5.82 Å². The lowest BCUT2D eigenvalue weighted by Crippen LogP contribution is -2.33. The molecule has 2 heterocycles. The molecule has 0 bridgehead atoms. The van der Waals surface area contributed by atoms with Gasteiger partial charge < -0.3 is 24.2 Å². The number of carbonyl (C=O) groups is 3. The van der Waals surface area contributed by atoms with Crippen molar-refractivity contribution in [3.05, 3.63) is 24.0 Å². The molecule has 0 spiro atoms. The van der Waals surface area contributed by atoms with E-state index in [-0.39, 0.29) is 44.6 Å². The number of ether oxygens (including phenoxy) is 2. The Morgan fingerprint density at radius 3 is 2.82 bits per heavy atom. The van der Waals surface area contributed by atoms with Crippen molar-refractivity contribution >= 4 is 41.2 Å². The monoisotopic (exact) mass is 412 g/mol. The molecule has 2 saturated heterocycles. The first-order valence-electron chi connectivity index (χ1n) is 8.53. The average molecular weight is 412 g/mol. The van der Waals surface area contributed by atoms with Crippen LogP contribution in [0.4, 0.5) is 25.4 Å². The van der Waals surface area contributed by atoms with Gasteiger partial charge in [0.25, 0.3) is 5.24 Å². The maximum absolute atomic E-state index is 14.7. The number of hydrogen-bond donors (Lipinski definition) is 1. The van der Waals surface area contributed by atoms with Gasteiger partial charge in [0.1, 0.15) is 18.7 Å². The summed E-state index contributed by atoms with van der Waals surface area (Å²) < 4.78 is 24.9. The molecule has 1 aromatic carbocycles. The summed E-state index contributed by atoms with van der Waals surface area (Å²) in [6, 6.07) is 4.35. The number of rotatable bonds is 6. The van der Waals surface area contributed by atoms with Crippen molar-refractivity contribution in [2.24, 2.45) is 0 Å². The van der Waals surface area contributed by atoms with Gasteiger partial charge in [-0.3, -0.25) is 14.5 Å². The summed E-state index contributed by atoms with van der Waals surface area (Å²) in [5.74, 6) is -0.706. The zero-order valence-corrected chi connectivity index (χ0v) is 16.4. The molecule has 3 amide bonds. The van der Waals surface area contributed by atoms with E-state index in [1.807, 2.05) is 0 Å². The van der Waals surface area contributed by atoms with Crippen LogP contribution in [0.3, 0.4) is 0 Å². The molecule has 0 unspecified atom stereocenters. The maximum atomic E-state index is 14.7. The number of methoxy groups -OCH3 is 1. The minimum absolute atomic E-state index is 0.0531. The highest BCUT2D eigenvalue weighted by molar-refractivity contribution is 7.96. The molecule has 2 aliphatic rings. The van der Waals surface area contributed by atoms with Crippen LogP contribution in [0.2, 0.25) is 0 Å². The van der Waals surface area contributed by atoms with Crippen molar-refractivity contribution < 1.29 is 28.2 Å². The lowest BCUT2D eigenvalue weighted by molar-refractivity contribution is -0.130. The first-order valence-corrected chi connectivity index (χ1v) is 8.98. The summed E-state index contributed by atoms with van der Waals surface area (Å²) >= 11 is 3.72. The van der Waals surface area contributed by atoms with E-state index in [0.717, 1.165) is 0 Å². The summed E-state index contributed by atoms with van der Waals surface area (Å²) in [5, 5.41) is -0.437. The summed E-state index contributed by atoms with van der Waals surface area (Å²) in [6.45, 7) is 0.793. The van der Waals surface area contributed by atoms with Crippen LogP contribution in [0.1, 0.15) is 0 Å². The number of benzene rings is 1. The van der Waals surface area contributed by atoms with Crippen molar-refractivity contribution in [1.29, 1.82) is 0 Å². The van der Waals surface area contributed by atoms with Gasteiger partial charge in [0.2, 0.25) is 5.91 Å². The molecule has 0 aromatic heterocycles. The third-order valence-corrected chi connectivity index (χ3v) is 4.91. The Kier molecular flexibility index (Phi) is 5.94. The normalized spacial score (nSPS) is 19.4. The van der Waals surface area contributed by atoms with Gasteiger partial charge in [-0.15, -0.1) is 0 Å². The van der Waals surface area contributed by atoms with Crippen molar-refractivity contribution in [2.75, 3.05) is 57.0 Å². The third kappa shape index (κ3) is 4.14. The number of likely N-dealkylation sites (N-methyl/N-ethyl adjacent to an activating group) is 1. The number of thiol groups is 1. The molecule has 152 valence electrons. The first-order chi connectivity index (χ1) is 13.3. The van der Waals surface area contributed by atoms with Gasteiger partial charge in [-0.25, -0.2) is 9.18 Å². The predicted octanol–water partition coefficient (Wildman–Crippen LogP) is 1.34. The van der Waals surface area contributed by atoms with Crippen LogP contribution >= 0.6 is 12.6 Å². The van der Waals surface area contributed by atoms with Gasteiger partial charge in [-0.05, 0) is 18.2 Å². The van der Waals surface area contributed by atoms with Gasteiger partial charge in [0.05, 0.1) is 37.7 Å². The van der Waals surface area contributed by atoms with E-state index < -0.39 is 23.3 Å². The van der Waals surface area contributed by atoms with Crippen LogP contribution in [-0.4, -0.2) is 80.3 Å². The molecular weight excluding hydrogens is 391 g/mol. The minimum Gasteiger partial charge on any atom is -0.442 e. The highest BCUT2D eigenvalue weighted by atomic mass is 32.1. The van der Waals surface area contributed by atoms with E-state index in [0.29, 0.717) is 5.69 Å². The minimum atomic E-state index is -0.611. The topological polar surface area (TPSA) is 82.6 Å². The quantitative estimate of drug-likeness (QED) is 0.711. The SMILES string of the molecule is COCN1CN(c2ccc(N3C[C@@H](CN(C)C(=O)S)OC3=O)cc2F)CC1=O. The first kappa shape index (κ1) is 20.2. The molecule has 0 N–H and O–H groups in total. The van der Waals surface area contributed by atoms with E-state index in [1.165, 1.54) is 33.9 Å². The van der Waals surface area contributed by atoms with Crippen LogP contribution in [0.15, 0.2) is 18.2 Å². The van der Waals surface area contributed by atoms with Crippen molar-refractivity contribution in [3.8, 4) is 0 Å². The molecule has 1 aromatic rings. The summed E-state index contributed by atoms with van der Waals surface area (Å²) in [4.78, 5) is 41.0. The van der Waals surface area contributed by atoms with E-state index in [1.54, 1.807) is 18.0 Å². The second-order valence-corrected chi connectivity index (χ2v) is 6.99. The molecule has 2 fully saturated rings. The van der Waals surface area contributed by atoms with Crippen LogP contribution in [-0.2, 0) is 14.3 Å². The van der Waals surface area contributed by atoms with Gasteiger partial charge in [0, 0.05) is 14.2 Å². The summed E-state index contributed by atoms with van der Waals surface area (Å²) in [7, 11) is 3.03. The molecule has 2 aliphatic heterocycles. The molecule has 0 aliphatic carbocycles. The number of halogens is 1. The highest BCUT2D eigenvalue weighted by Crippen LogP contribution is 2.29. The molecule has 0 radical (unpaired) electrons. The van der Waals surface area contributed by atoms with Crippen LogP contribution in [0.25, 0.3) is 0 Å². The van der Waals surface area contributed by atoms with Crippen molar-refractivity contribution in [1.82, 2.24) is 9.80 Å². The van der Waals surface area contributed by atoms with Gasteiger partial charge in [0.15, 0.2) is 0 Å². The zero-order chi connectivity index (χ0) is 20.4. The Hall–Kier alpha value is -2.53. The number of carbonyl (C=O) groups excluding carboxylic acids is 3. The number of hydrogen-bond acceptors (Lipinski definition) is 6. The number of anilines is 2. The highest BCUT2D eigenvalue weighted by Gasteiger charge is 2.34. The Morgan fingerprint density at radius 2 is 2.18 bits per heavy atom. The van der Waals surface area contributed by atoms with Crippen LogP contribution < -0.4 is 9.80 Å². The van der Waals surface area contributed by atoms with E-state index in [4.69, 9.17) is 9.47 Å². The number of nitrogens with zero attached hydrogens (tertiary/aromatic N) is 4. The Morgan fingerprint density at radius 1 is 1.43 bits per heavy atom. The lowest BCUT2D eigenvalue weighted by atomic mass is 10.2. The Labute approximate surface area is 167 Å². The van der Waals surface area contributed by atoms with Gasteiger partial charge >= 0.3 is 6.09 Å². The molecule has 0 saturated carbocycles. The van der Waals surface area contributed by atoms with Gasteiger partial charge in [-0.2, -0.15) is 0 Å². The Bertz CT molecular complexity index is 795. The third-order valence-electron chi connectivity index (χ3n) is 4.57. The van der Waals surface area contributed by atoms with Crippen LogP contribution in [0.5, 0.6) is 0 Å². The summed E-state index contributed by atoms with van der Waals surface area (Å²) in [6.07, 6.45) is -1.14. The smallest absolute Gasteiger partial charge is 0.414 e. The number of cyclic esters (lactones) is 1. The molecular formula is C17H21FN4O5S. The standard InChI is InChI=1S/C17H21FN4O5S/c1-19(17(25)28)6-12-7-22(16(24)27-12)11-3-4-14(13(18)5-11)20-8-15(23)21(9-20)10-26-2/h3-5,12H,6-10H2,1-2H3,(H,25,28)/t12-/m1/s1. The van der Waals surface area contributed by atoms with Crippen molar-refractivity contribution in [2.45, 2.75) is 6.10 Å². The average Bonchev–Trinajstić information content (AvgIpc) is 3.17. The largest absolute Gasteiger partial charge is 0.442 e. The second kappa shape index (κ2) is 8.23. The molecule has 28 heavy (non-hydrogen) atoms. The predicted molar refractivity (Wildman–Crippen MR) is 102 cm³/mol. The van der Waals surface area contributed by atoms with E-state index >= 15 is 0 Å². The zero-order valence-electron chi connectivity index (χ0n) is 15.5. The maximum Gasteiger partial charge on any atom is 0.414 e. The fourth-order valence-corrected chi connectivity index (χ4v) is 3.24. The van der Waals surface area contributed by atoms with E-state index in [2.05, 4.69) is 12.6 Å². The lowest BCUT2D eigenvalue weighted by Gasteiger charge is -2.21. The fourth-order valence-electron chi connectivity index (χ4n) is 3.16. The van der Waals surface area contributed by atoms with Gasteiger partial charge in [-0.1, -0.05) is 12.6 Å². The fraction of sp³-hybridized carbons (Fsp3) is 0.471. The molecule has 11 heteroatoms. The second-order valence-electron chi connectivity index (χ2n) is 6.61. The molecule has 3 rings (SSSR count). The summed E-state index contributed by atoms with van der Waals surface area (Å²) in [5.41, 5.74) is 0.605.